The molecule has 2 heterocycles. The highest BCUT2D eigenvalue weighted by Crippen LogP contribution is 2.44. The number of aromatic amines is 1. The average Bonchev–Trinajstić information content (AvgIpc) is 3.25. The number of benzene rings is 1. The summed E-state index contributed by atoms with van der Waals surface area (Å²) in [4.78, 5) is 12.9. The van der Waals surface area contributed by atoms with E-state index < -0.39 is 0 Å². The van der Waals surface area contributed by atoms with E-state index in [1.807, 2.05) is 30.3 Å². The second-order valence-corrected chi connectivity index (χ2v) is 6.73. The normalized spacial score (nSPS) is 26.7. The van der Waals surface area contributed by atoms with Gasteiger partial charge in [0, 0.05) is 18.4 Å². The molecule has 0 unspecified atom stereocenters. The molecule has 2 fully saturated rings. The molecule has 3 N–H and O–H groups in total. The highest BCUT2D eigenvalue weighted by Gasteiger charge is 2.49. The lowest BCUT2D eigenvalue weighted by atomic mass is 9.67. The molecule has 2 atom stereocenters. The Morgan fingerprint density at radius 1 is 1.22 bits per heavy atom. The van der Waals surface area contributed by atoms with Crippen LogP contribution in [0.4, 0.5) is 5.69 Å². The molecule has 2 aliphatic rings. The van der Waals surface area contributed by atoms with Crippen LogP contribution in [0, 0.1) is 11.3 Å². The number of H-pyrrole nitrogens is 1. The van der Waals surface area contributed by atoms with Crippen molar-refractivity contribution in [2.24, 2.45) is 11.3 Å². The van der Waals surface area contributed by atoms with Crippen LogP contribution in [0.25, 0.3) is 11.3 Å². The van der Waals surface area contributed by atoms with Crippen LogP contribution < -0.4 is 10.6 Å². The third kappa shape index (κ3) is 2.55. The van der Waals surface area contributed by atoms with Crippen molar-refractivity contribution in [2.45, 2.75) is 25.7 Å². The standard InChI is InChI=1S/C18H22N4O/c23-17(18-9-2-1-3-14(18)11-19-12-18)21-15-6-4-13(5-7-15)16-8-10-20-22-16/h4-8,10,14,19H,1-3,9,11-12H2,(H,20,22)(H,21,23)/t14-,18+/m0/s1. The number of carbonyl (C=O) groups is 1. The summed E-state index contributed by atoms with van der Waals surface area (Å²) in [6, 6.07) is 9.87. The number of anilines is 1. The molecule has 23 heavy (non-hydrogen) atoms. The molecule has 1 amide bonds. The van der Waals surface area contributed by atoms with Gasteiger partial charge in [0.05, 0.1) is 11.1 Å². The Morgan fingerprint density at radius 2 is 2.09 bits per heavy atom. The van der Waals surface area contributed by atoms with Crippen molar-refractivity contribution in [3.63, 3.8) is 0 Å². The monoisotopic (exact) mass is 310 g/mol. The van der Waals surface area contributed by atoms with E-state index >= 15 is 0 Å². The SMILES string of the molecule is O=C(Nc1ccc(-c2ccn[nH]2)cc1)[C@@]12CCCC[C@H]1CNC2. The topological polar surface area (TPSA) is 69.8 Å². The lowest BCUT2D eigenvalue weighted by Crippen LogP contribution is -2.44. The largest absolute Gasteiger partial charge is 0.326 e. The zero-order valence-corrected chi connectivity index (χ0v) is 13.1. The van der Waals surface area contributed by atoms with Crippen LogP contribution in [0.5, 0.6) is 0 Å². The highest BCUT2D eigenvalue weighted by atomic mass is 16.2. The first-order valence-corrected chi connectivity index (χ1v) is 8.40. The predicted octanol–water partition coefficient (Wildman–Crippen LogP) is 2.80. The van der Waals surface area contributed by atoms with Gasteiger partial charge < -0.3 is 10.6 Å². The number of hydrogen-bond donors (Lipinski definition) is 3. The van der Waals surface area contributed by atoms with E-state index in [0.717, 1.165) is 42.9 Å². The fraction of sp³-hybridized carbons (Fsp3) is 0.444. The Kier molecular flexibility index (Phi) is 3.65. The summed E-state index contributed by atoms with van der Waals surface area (Å²) in [5, 5.41) is 13.5. The van der Waals surface area contributed by atoms with E-state index in [0.29, 0.717) is 5.92 Å². The number of amides is 1. The van der Waals surface area contributed by atoms with Gasteiger partial charge in [-0.1, -0.05) is 25.0 Å². The van der Waals surface area contributed by atoms with Crippen LogP contribution in [0.2, 0.25) is 0 Å². The summed E-state index contributed by atoms with van der Waals surface area (Å²) in [5.41, 5.74) is 2.70. The molecule has 0 radical (unpaired) electrons. The van der Waals surface area contributed by atoms with Crippen molar-refractivity contribution in [2.75, 3.05) is 18.4 Å². The smallest absolute Gasteiger partial charge is 0.232 e. The first kappa shape index (κ1) is 14.5. The van der Waals surface area contributed by atoms with Crippen molar-refractivity contribution < 1.29 is 4.79 Å². The molecule has 1 aromatic heterocycles. The van der Waals surface area contributed by atoms with Gasteiger partial charge in [-0.25, -0.2) is 0 Å². The fourth-order valence-corrected chi connectivity index (χ4v) is 4.10. The highest BCUT2D eigenvalue weighted by molar-refractivity contribution is 5.96. The molecule has 1 aliphatic carbocycles. The van der Waals surface area contributed by atoms with Gasteiger partial charge in [-0.2, -0.15) is 5.10 Å². The van der Waals surface area contributed by atoms with Crippen molar-refractivity contribution >= 4 is 11.6 Å². The summed E-state index contributed by atoms with van der Waals surface area (Å²) >= 11 is 0. The van der Waals surface area contributed by atoms with E-state index in [4.69, 9.17) is 0 Å². The molecular formula is C18H22N4O. The number of rotatable bonds is 3. The minimum absolute atomic E-state index is 0.182. The molecule has 1 saturated carbocycles. The van der Waals surface area contributed by atoms with E-state index in [2.05, 4.69) is 20.8 Å². The number of nitrogens with one attached hydrogen (secondary N) is 3. The lowest BCUT2D eigenvalue weighted by molar-refractivity contribution is -0.128. The van der Waals surface area contributed by atoms with E-state index in [1.54, 1.807) is 6.20 Å². The van der Waals surface area contributed by atoms with Crippen molar-refractivity contribution in [3.05, 3.63) is 36.5 Å². The van der Waals surface area contributed by atoms with Gasteiger partial charge in [-0.15, -0.1) is 0 Å². The Labute approximate surface area is 135 Å². The van der Waals surface area contributed by atoms with E-state index in [1.165, 1.54) is 12.8 Å². The van der Waals surface area contributed by atoms with Gasteiger partial charge in [-0.3, -0.25) is 9.89 Å². The van der Waals surface area contributed by atoms with E-state index in [9.17, 15) is 4.79 Å². The molecule has 5 heteroatoms. The molecule has 1 saturated heterocycles. The summed E-state index contributed by atoms with van der Waals surface area (Å²) < 4.78 is 0. The van der Waals surface area contributed by atoms with Crippen LogP contribution in [-0.4, -0.2) is 29.2 Å². The number of aromatic nitrogens is 2. The van der Waals surface area contributed by atoms with Crippen LogP contribution >= 0.6 is 0 Å². The van der Waals surface area contributed by atoms with Crippen LogP contribution in [0.1, 0.15) is 25.7 Å². The summed E-state index contributed by atoms with van der Waals surface area (Å²) in [6.07, 6.45) is 6.31. The zero-order chi connectivity index (χ0) is 15.7. The van der Waals surface area contributed by atoms with Gasteiger partial charge in [-0.05, 0) is 49.1 Å². The molecule has 2 aromatic rings. The van der Waals surface area contributed by atoms with Crippen LogP contribution in [0.15, 0.2) is 36.5 Å². The maximum absolute atomic E-state index is 12.9. The predicted molar refractivity (Wildman–Crippen MR) is 89.9 cm³/mol. The molecule has 0 bridgehead atoms. The Bertz CT molecular complexity index is 680. The van der Waals surface area contributed by atoms with Crippen molar-refractivity contribution in [3.8, 4) is 11.3 Å². The summed E-state index contributed by atoms with van der Waals surface area (Å²) in [7, 11) is 0. The van der Waals surface area contributed by atoms with Gasteiger partial charge in [0.1, 0.15) is 0 Å². The number of carbonyl (C=O) groups excluding carboxylic acids is 1. The first-order valence-electron chi connectivity index (χ1n) is 8.40. The lowest BCUT2D eigenvalue weighted by Gasteiger charge is -2.37. The van der Waals surface area contributed by atoms with Gasteiger partial charge in [0.15, 0.2) is 0 Å². The molecule has 5 nitrogen and oxygen atoms in total. The quantitative estimate of drug-likeness (QED) is 0.816. The first-order chi connectivity index (χ1) is 11.3. The molecule has 4 rings (SSSR count). The maximum atomic E-state index is 12.9. The van der Waals surface area contributed by atoms with Crippen LogP contribution in [-0.2, 0) is 4.79 Å². The van der Waals surface area contributed by atoms with Gasteiger partial charge in [0.2, 0.25) is 5.91 Å². The number of fused-ring (bicyclic) bond motifs is 1. The molecular weight excluding hydrogens is 288 g/mol. The zero-order valence-electron chi connectivity index (χ0n) is 13.1. The van der Waals surface area contributed by atoms with Crippen molar-refractivity contribution in [1.29, 1.82) is 0 Å². The fourth-order valence-electron chi connectivity index (χ4n) is 4.10. The number of hydrogen-bond acceptors (Lipinski definition) is 3. The molecule has 120 valence electrons. The summed E-state index contributed by atoms with van der Waals surface area (Å²) in [6.45, 7) is 1.79. The number of nitrogens with zero attached hydrogens (tertiary/aromatic N) is 1. The van der Waals surface area contributed by atoms with Crippen molar-refractivity contribution in [1.82, 2.24) is 15.5 Å². The molecule has 1 aromatic carbocycles. The maximum Gasteiger partial charge on any atom is 0.232 e. The Balaban J connectivity index is 1.50. The van der Waals surface area contributed by atoms with Gasteiger partial charge in [0.25, 0.3) is 0 Å². The second-order valence-electron chi connectivity index (χ2n) is 6.73. The molecule has 1 aliphatic heterocycles. The Morgan fingerprint density at radius 3 is 2.87 bits per heavy atom. The minimum atomic E-state index is -0.208. The third-order valence-electron chi connectivity index (χ3n) is 5.44. The van der Waals surface area contributed by atoms with Gasteiger partial charge >= 0.3 is 0 Å². The summed E-state index contributed by atoms with van der Waals surface area (Å²) in [5.74, 6) is 0.669. The second kappa shape index (κ2) is 5.81. The molecule has 0 spiro atoms. The third-order valence-corrected chi connectivity index (χ3v) is 5.44. The van der Waals surface area contributed by atoms with E-state index in [-0.39, 0.29) is 11.3 Å². The minimum Gasteiger partial charge on any atom is -0.326 e. The van der Waals surface area contributed by atoms with Crippen LogP contribution in [0.3, 0.4) is 0 Å². The average molecular weight is 310 g/mol. The Hall–Kier alpha value is -2.14.